The minimum atomic E-state index is 0.271. The van der Waals surface area contributed by atoms with Crippen LogP contribution in [0.2, 0.25) is 0 Å². The Morgan fingerprint density at radius 2 is 2.29 bits per heavy atom. The number of aromatic nitrogens is 2. The quantitative estimate of drug-likeness (QED) is 0.682. The van der Waals surface area contributed by atoms with Gasteiger partial charge >= 0.3 is 0 Å². The second-order valence-corrected chi connectivity index (χ2v) is 4.47. The Bertz CT molecular complexity index is 265. The first kappa shape index (κ1) is 11.5. The van der Waals surface area contributed by atoms with Gasteiger partial charge in [0.15, 0.2) is 0 Å². The predicted molar refractivity (Wildman–Crippen MR) is 56.4 cm³/mol. The molecule has 0 saturated heterocycles. The maximum atomic E-state index is 5.33. The summed E-state index contributed by atoms with van der Waals surface area (Å²) in [5.74, 6) is 2.39. The van der Waals surface area contributed by atoms with E-state index in [4.69, 9.17) is 9.15 Å². The fourth-order valence-electron chi connectivity index (χ4n) is 1.01. The molecule has 1 heterocycles. The first-order chi connectivity index (χ1) is 6.74. The maximum absolute atomic E-state index is 5.33. The van der Waals surface area contributed by atoms with Gasteiger partial charge in [0.2, 0.25) is 11.8 Å². The number of methoxy groups -OCH3 is 1. The molecule has 0 radical (unpaired) electrons. The Morgan fingerprint density at radius 3 is 2.86 bits per heavy atom. The van der Waals surface area contributed by atoms with E-state index >= 15 is 0 Å². The van der Waals surface area contributed by atoms with Gasteiger partial charge in [-0.3, -0.25) is 0 Å². The smallest absolute Gasteiger partial charge is 0.229 e. The molecule has 1 rings (SSSR count). The number of nitrogens with zero attached hydrogens (tertiary/aromatic N) is 2. The molecule has 0 saturated carbocycles. The molecule has 0 amide bonds. The lowest BCUT2D eigenvalue weighted by Crippen LogP contribution is -1.94. The second-order valence-electron chi connectivity index (χ2n) is 3.02. The van der Waals surface area contributed by atoms with Gasteiger partial charge in [-0.15, -0.1) is 22.0 Å². The molecule has 80 valence electrons. The van der Waals surface area contributed by atoms with Gasteiger partial charge in [0.25, 0.3) is 0 Å². The molecule has 5 heteroatoms. The number of hydrogen-bond acceptors (Lipinski definition) is 5. The minimum absolute atomic E-state index is 0.271. The van der Waals surface area contributed by atoms with Crippen molar-refractivity contribution in [2.24, 2.45) is 0 Å². The molecule has 0 fully saturated rings. The highest BCUT2D eigenvalue weighted by Crippen LogP contribution is 2.27. The topological polar surface area (TPSA) is 48.2 Å². The second kappa shape index (κ2) is 6.03. The molecule has 1 atom stereocenters. The van der Waals surface area contributed by atoms with Gasteiger partial charge in [-0.25, -0.2) is 0 Å². The van der Waals surface area contributed by atoms with E-state index in [0.717, 1.165) is 18.8 Å². The lowest BCUT2D eigenvalue weighted by atomic mass is 10.5. The summed E-state index contributed by atoms with van der Waals surface area (Å²) in [7, 11) is 1.72. The van der Waals surface area contributed by atoms with Crippen LogP contribution < -0.4 is 0 Å². The van der Waals surface area contributed by atoms with Gasteiger partial charge in [0, 0.05) is 20.6 Å². The molecule has 1 aromatic heterocycles. The maximum Gasteiger partial charge on any atom is 0.229 e. The van der Waals surface area contributed by atoms with Crippen molar-refractivity contribution in [3.05, 3.63) is 11.8 Å². The summed E-state index contributed by atoms with van der Waals surface area (Å²) in [4.78, 5) is 0. The standard InChI is InChI=1S/C9H16N2O2S/c1-7(14-6-4-5-12-3)9-11-10-8(2)13-9/h7H,4-6H2,1-3H3/t7-/m1/s1. The van der Waals surface area contributed by atoms with Crippen molar-refractivity contribution in [3.63, 3.8) is 0 Å². The van der Waals surface area contributed by atoms with E-state index in [1.807, 2.05) is 0 Å². The number of aryl methyl sites for hydroxylation is 1. The van der Waals surface area contributed by atoms with Gasteiger partial charge in [-0.05, 0) is 19.1 Å². The first-order valence-electron chi connectivity index (χ1n) is 4.64. The summed E-state index contributed by atoms with van der Waals surface area (Å²) in [6.07, 6.45) is 1.05. The number of thioether (sulfide) groups is 1. The third-order valence-electron chi connectivity index (χ3n) is 1.75. The number of rotatable bonds is 6. The van der Waals surface area contributed by atoms with Gasteiger partial charge < -0.3 is 9.15 Å². The molecule has 0 spiro atoms. The molecule has 1 aromatic rings. The lowest BCUT2D eigenvalue weighted by Gasteiger charge is -2.05. The molecular weight excluding hydrogens is 200 g/mol. The Kier molecular flexibility index (Phi) is 4.97. The Hall–Kier alpha value is -0.550. The molecule has 0 bridgehead atoms. The molecule has 14 heavy (non-hydrogen) atoms. The molecule has 0 N–H and O–H groups in total. The van der Waals surface area contributed by atoms with Crippen molar-refractivity contribution < 1.29 is 9.15 Å². The summed E-state index contributed by atoms with van der Waals surface area (Å²) in [6.45, 7) is 4.69. The molecular formula is C9H16N2O2S. The fraction of sp³-hybridized carbons (Fsp3) is 0.778. The third-order valence-corrected chi connectivity index (χ3v) is 2.98. The van der Waals surface area contributed by atoms with Crippen LogP contribution in [-0.2, 0) is 4.74 Å². The van der Waals surface area contributed by atoms with Crippen molar-refractivity contribution in [1.29, 1.82) is 0 Å². The van der Waals surface area contributed by atoms with Gasteiger partial charge in [0.05, 0.1) is 5.25 Å². The van der Waals surface area contributed by atoms with Gasteiger partial charge in [-0.2, -0.15) is 0 Å². The Labute approximate surface area is 88.4 Å². The summed E-state index contributed by atoms with van der Waals surface area (Å²) in [5.41, 5.74) is 0. The van der Waals surface area contributed by atoms with Crippen LogP contribution in [0.25, 0.3) is 0 Å². The van der Waals surface area contributed by atoms with Crippen LogP contribution >= 0.6 is 11.8 Å². The van der Waals surface area contributed by atoms with Crippen molar-refractivity contribution in [1.82, 2.24) is 10.2 Å². The molecule has 0 aliphatic carbocycles. The van der Waals surface area contributed by atoms with Crippen molar-refractivity contribution in [2.75, 3.05) is 19.5 Å². The lowest BCUT2D eigenvalue weighted by molar-refractivity contribution is 0.200. The van der Waals surface area contributed by atoms with E-state index in [9.17, 15) is 0 Å². The monoisotopic (exact) mass is 216 g/mol. The molecule has 0 aliphatic rings. The summed E-state index contributed by atoms with van der Waals surface area (Å²) in [6, 6.07) is 0. The van der Waals surface area contributed by atoms with E-state index in [0.29, 0.717) is 11.8 Å². The van der Waals surface area contributed by atoms with Crippen molar-refractivity contribution in [2.45, 2.75) is 25.5 Å². The highest BCUT2D eigenvalue weighted by Gasteiger charge is 2.12. The molecule has 0 aliphatic heterocycles. The van der Waals surface area contributed by atoms with Crippen LogP contribution in [-0.4, -0.2) is 29.7 Å². The normalized spacial score (nSPS) is 13.1. The summed E-state index contributed by atoms with van der Waals surface area (Å²) >= 11 is 1.81. The van der Waals surface area contributed by atoms with Crippen molar-refractivity contribution in [3.8, 4) is 0 Å². The largest absolute Gasteiger partial charge is 0.424 e. The van der Waals surface area contributed by atoms with Crippen molar-refractivity contribution >= 4 is 11.8 Å². The van der Waals surface area contributed by atoms with Crippen LogP contribution in [0.3, 0.4) is 0 Å². The Morgan fingerprint density at radius 1 is 1.50 bits per heavy atom. The zero-order chi connectivity index (χ0) is 10.4. The zero-order valence-corrected chi connectivity index (χ0v) is 9.63. The van der Waals surface area contributed by atoms with Gasteiger partial charge in [-0.1, -0.05) is 0 Å². The predicted octanol–water partition coefficient (Wildman–Crippen LogP) is 2.21. The zero-order valence-electron chi connectivity index (χ0n) is 8.82. The van der Waals surface area contributed by atoms with Crippen LogP contribution in [0.4, 0.5) is 0 Å². The van der Waals surface area contributed by atoms with E-state index in [1.54, 1.807) is 25.8 Å². The Balaban J connectivity index is 2.25. The summed E-state index contributed by atoms with van der Waals surface area (Å²) in [5, 5.41) is 8.04. The summed E-state index contributed by atoms with van der Waals surface area (Å²) < 4.78 is 10.3. The molecule has 0 aromatic carbocycles. The number of hydrogen-bond donors (Lipinski definition) is 0. The number of ether oxygens (including phenoxy) is 1. The minimum Gasteiger partial charge on any atom is -0.424 e. The van der Waals surface area contributed by atoms with Crippen LogP contribution in [0, 0.1) is 6.92 Å². The van der Waals surface area contributed by atoms with E-state index < -0.39 is 0 Å². The fourth-order valence-corrected chi connectivity index (χ4v) is 1.89. The highest BCUT2D eigenvalue weighted by molar-refractivity contribution is 7.99. The van der Waals surface area contributed by atoms with E-state index in [2.05, 4.69) is 17.1 Å². The average Bonchev–Trinajstić information content (AvgIpc) is 2.59. The van der Waals surface area contributed by atoms with Crippen LogP contribution in [0.5, 0.6) is 0 Å². The SMILES string of the molecule is COCCCS[C@H](C)c1nnc(C)o1. The van der Waals surface area contributed by atoms with Gasteiger partial charge in [0.1, 0.15) is 0 Å². The van der Waals surface area contributed by atoms with E-state index in [-0.39, 0.29) is 5.25 Å². The molecule has 0 unspecified atom stereocenters. The molecule has 4 nitrogen and oxygen atoms in total. The first-order valence-corrected chi connectivity index (χ1v) is 5.69. The highest BCUT2D eigenvalue weighted by atomic mass is 32.2. The van der Waals surface area contributed by atoms with E-state index in [1.165, 1.54) is 0 Å². The van der Waals surface area contributed by atoms with Crippen LogP contribution in [0.1, 0.15) is 30.4 Å². The van der Waals surface area contributed by atoms with Crippen LogP contribution in [0.15, 0.2) is 4.42 Å². The average molecular weight is 216 g/mol. The third kappa shape index (κ3) is 3.67.